The van der Waals surface area contributed by atoms with Gasteiger partial charge in [0.1, 0.15) is 26.2 Å². The van der Waals surface area contributed by atoms with Crippen LogP contribution in [-0.2, 0) is 0 Å². The van der Waals surface area contributed by atoms with E-state index in [0.29, 0.717) is 11.1 Å². The Hall–Kier alpha value is -0.160. The number of nitrogens with one attached hydrogen (secondary N) is 2. The van der Waals surface area contributed by atoms with E-state index < -0.39 is 0 Å². The Bertz CT molecular complexity index is 182. The second-order valence-corrected chi connectivity index (χ2v) is 5.80. The van der Waals surface area contributed by atoms with Crippen molar-refractivity contribution in [1.82, 2.24) is 0 Å². The van der Waals surface area contributed by atoms with E-state index >= 15 is 0 Å². The number of rotatable bonds is 0. The lowest BCUT2D eigenvalue weighted by Gasteiger charge is -2.45. The van der Waals surface area contributed by atoms with Gasteiger partial charge >= 0.3 is 0 Å². The van der Waals surface area contributed by atoms with Crippen LogP contribution in [0.5, 0.6) is 0 Å². The molecule has 2 rings (SSSR count). The molecule has 0 aliphatic carbocycles. The van der Waals surface area contributed by atoms with Crippen LogP contribution in [0, 0.1) is 0 Å². The highest BCUT2D eigenvalue weighted by Crippen LogP contribution is 2.15. The predicted molar refractivity (Wildman–Crippen MR) is 49.1 cm³/mol. The minimum absolute atomic E-state index is 0.298. The zero-order valence-electron chi connectivity index (χ0n) is 8.95. The summed E-state index contributed by atoms with van der Waals surface area (Å²) >= 11 is 0. The van der Waals surface area contributed by atoms with Crippen LogP contribution in [0.2, 0.25) is 0 Å². The lowest BCUT2D eigenvalue weighted by atomic mass is 9.75. The monoisotopic (exact) mass is 188 g/mol. The van der Waals surface area contributed by atoms with Crippen LogP contribution in [0.1, 0.15) is 6.42 Å². The summed E-state index contributed by atoms with van der Waals surface area (Å²) in [6.45, 7) is 4.90. The Labute approximate surface area is 79.8 Å². The van der Waals surface area contributed by atoms with Crippen molar-refractivity contribution in [2.45, 2.75) is 17.5 Å². The average molecular weight is 188 g/mol. The van der Waals surface area contributed by atoms with Crippen molar-refractivity contribution in [2.75, 3.05) is 40.3 Å². The third-order valence-corrected chi connectivity index (χ3v) is 3.46. The van der Waals surface area contributed by atoms with Crippen molar-refractivity contribution in [1.29, 1.82) is 0 Å². The molecule has 0 atom stereocenters. The normalized spacial score (nSPS) is 56.3. The molecule has 0 aromatic rings. The third kappa shape index (κ3) is 1.72. The zero-order valence-corrected chi connectivity index (χ0v) is 8.95. The number of fused-ring (bicyclic) bond motifs is 2. The van der Waals surface area contributed by atoms with Crippen molar-refractivity contribution < 1.29 is 21.3 Å². The number of hydrogen-bond acceptors (Lipinski definition) is 0. The van der Waals surface area contributed by atoms with Crippen molar-refractivity contribution in [3.8, 4) is 0 Å². The summed E-state index contributed by atoms with van der Waals surface area (Å²) in [6, 6.07) is 0. The van der Waals surface area contributed by atoms with E-state index in [1.54, 1.807) is 9.80 Å². The fraction of sp³-hybridized carbons (Fsp3) is 1.00. The van der Waals surface area contributed by atoms with Gasteiger partial charge in [0, 0.05) is 0 Å². The zero-order chi connectivity index (χ0) is 9.69. The highest BCUT2D eigenvalue weighted by molar-refractivity contribution is 4.93. The average Bonchev–Trinajstić information content (AvgIpc) is 1.75. The van der Waals surface area contributed by atoms with Gasteiger partial charge in [-0.25, -0.2) is 0 Å². The lowest BCUT2D eigenvalue weighted by molar-refractivity contribution is -0.983. The molecule has 0 radical (unpaired) electrons. The van der Waals surface area contributed by atoms with Gasteiger partial charge in [-0.3, -0.25) is 0 Å². The first-order chi connectivity index (χ1) is 5.91. The number of likely N-dealkylation sites (tertiary alicyclic amines) is 2. The summed E-state index contributed by atoms with van der Waals surface area (Å²) < 4.78 is 0. The van der Waals surface area contributed by atoms with Crippen molar-refractivity contribution in [2.24, 2.45) is 0 Å². The van der Waals surface area contributed by atoms with Crippen LogP contribution in [0.25, 0.3) is 0 Å². The van der Waals surface area contributed by atoms with Gasteiger partial charge in [-0.15, -0.1) is 0 Å². The summed E-state index contributed by atoms with van der Waals surface area (Å²) in [5, 5.41) is 0. The lowest BCUT2D eigenvalue weighted by Crippen LogP contribution is -3.29. The summed E-state index contributed by atoms with van der Waals surface area (Å²) in [5.41, 5.74) is 9.42. The van der Waals surface area contributed by atoms with Gasteiger partial charge in [0.2, 0.25) is 0 Å². The summed E-state index contributed by atoms with van der Waals surface area (Å²) in [4.78, 5) is 3.23. The van der Waals surface area contributed by atoms with Crippen LogP contribution >= 0.6 is 0 Å². The maximum atomic E-state index is 4.41. The molecule has 2 saturated heterocycles. The van der Waals surface area contributed by atoms with Crippen LogP contribution in [0.15, 0.2) is 0 Å². The molecule has 4 heteroatoms. The van der Waals surface area contributed by atoms with Crippen molar-refractivity contribution >= 4 is 0 Å². The SMILES string of the molecule is C[NH+]1CC2([NH3+])C[NH+](C)CC([NH3+])(C1)C2. The Morgan fingerprint density at radius 2 is 1.15 bits per heavy atom. The Morgan fingerprint density at radius 1 is 0.846 bits per heavy atom. The Balaban J connectivity index is 2.22. The van der Waals surface area contributed by atoms with Crippen molar-refractivity contribution in [3.05, 3.63) is 0 Å². The molecule has 13 heavy (non-hydrogen) atoms. The van der Waals surface area contributed by atoms with Gasteiger partial charge in [0.15, 0.2) is 11.1 Å². The second kappa shape index (κ2) is 2.67. The maximum absolute atomic E-state index is 4.41. The molecule has 0 unspecified atom stereocenters. The summed E-state index contributed by atoms with van der Waals surface area (Å²) in [7, 11) is 4.55. The summed E-state index contributed by atoms with van der Waals surface area (Å²) in [6.07, 6.45) is 1.23. The predicted octanol–water partition coefficient (Wildman–Crippen LogP) is -5.61. The molecule has 2 heterocycles. The highest BCUT2D eigenvalue weighted by atomic mass is 15.3. The molecule has 0 saturated carbocycles. The van der Waals surface area contributed by atoms with Gasteiger partial charge in [0.05, 0.1) is 20.5 Å². The summed E-state index contributed by atoms with van der Waals surface area (Å²) in [5.74, 6) is 0. The molecule has 76 valence electrons. The minimum atomic E-state index is 0.298. The van der Waals surface area contributed by atoms with Gasteiger partial charge < -0.3 is 21.3 Å². The number of hydrogen-bond donors (Lipinski definition) is 4. The molecule has 0 spiro atoms. The van der Waals surface area contributed by atoms with Gasteiger partial charge in [0.25, 0.3) is 0 Å². The first-order valence-corrected chi connectivity index (χ1v) is 5.24. The number of piperidine rings is 2. The van der Waals surface area contributed by atoms with E-state index in [1.165, 1.54) is 32.6 Å². The van der Waals surface area contributed by atoms with Gasteiger partial charge in [-0.1, -0.05) is 0 Å². The molecule has 2 fully saturated rings. The van der Waals surface area contributed by atoms with E-state index in [0.717, 1.165) is 0 Å². The first-order valence-electron chi connectivity index (χ1n) is 5.24. The molecule has 0 aromatic heterocycles. The molecular weight excluding hydrogens is 164 g/mol. The highest BCUT2D eigenvalue weighted by Gasteiger charge is 2.58. The fourth-order valence-electron chi connectivity index (χ4n) is 3.86. The van der Waals surface area contributed by atoms with Crippen LogP contribution in [0.4, 0.5) is 0 Å². The van der Waals surface area contributed by atoms with Crippen molar-refractivity contribution in [3.63, 3.8) is 0 Å². The van der Waals surface area contributed by atoms with Crippen LogP contribution in [0.3, 0.4) is 0 Å². The number of likely N-dealkylation sites (N-methyl/N-ethyl adjacent to an activating group) is 2. The van der Waals surface area contributed by atoms with E-state index in [9.17, 15) is 0 Å². The van der Waals surface area contributed by atoms with E-state index in [2.05, 4.69) is 25.6 Å². The third-order valence-electron chi connectivity index (χ3n) is 3.46. The topological polar surface area (TPSA) is 64.2 Å². The molecule has 2 aliphatic rings. The van der Waals surface area contributed by atoms with E-state index in [1.807, 2.05) is 0 Å². The fourth-order valence-corrected chi connectivity index (χ4v) is 3.86. The Morgan fingerprint density at radius 3 is 1.46 bits per heavy atom. The van der Waals surface area contributed by atoms with Gasteiger partial charge in [-0.05, 0) is 0 Å². The van der Waals surface area contributed by atoms with Crippen LogP contribution < -0.4 is 21.3 Å². The van der Waals surface area contributed by atoms with Crippen LogP contribution in [-0.4, -0.2) is 51.4 Å². The molecule has 2 bridgehead atoms. The Kier molecular flexibility index (Phi) is 1.93. The van der Waals surface area contributed by atoms with E-state index in [4.69, 9.17) is 0 Å². The molecule has 2 aliphatic heterocycles. The smallest absolute Gasteiger partial charge is 0.199 e. The quantitative estimate of drug-likeness (QED) is 0.293. The molecule has 0 aromatic carbocycles. The maximum Gasteiger partial charge on any atom is 0.199 e. The largest absolute Gasteiger partial charge is 0.343 e. The first kappa shape index (κ1) is 9.40. The van der Waals surface area contributed by atoms with Gasteiger partial charge in [-0.2, -0.15) is 0 Å². The standard InChI is InChI=1S/C9H20N4/c1-12-4-8(10)3-9(11,5-12)7-13(2)6-8/h3-7,10-11H2,1-2H3/p+4. The molecule has 4 nitrogen and oxygen atoms in total. The molecule has 8 N–H and O–H groups in total. The number of quaternary nitrogens is 4. The molecular formula is C9H24N4+4. The minimum Gasteiger partial charge on any atom is -0.343 e. The van der Waals surface area contributed by atoms with E-state index in [-0.39, 0.29) is 0 Å². The second-order valence-electron chi connectivity index (χ2n) is 5.80. The molecule has 0 amide bonds.